The van der Waals surface area contributed by atoms with Crippen molar-refractivity contribution in [2.75, 3.05) is 5.73 Å². The number of anilines is 1. The number of carbonyl (C=O) groups is 1. The van der Waals surface area contributed by atoms with Crippen LogP contribution in [0, 0.1) is 0 Å². The summed E-state index contributed by atoms with van der Waals surface area (Å²) in [5.74, 6) is 0.231. The van der Waals surface area contributed by atoms with Crippen molar-refractivity contribution in [3.63, 3.8) is 0 Å². The molecule has 0 amide bonds. The molecular formula is C7H8N2O2. The largest absolute Gasteiger partial charge is 0.367 e. The first kappa shape index (κ1) is 6.39. The quantitative estimate of drug-likeness (QED) is 0.596. The van der Waals surface area contributed by atoms with Gasteiger partial charge < -0.3 is 10.3 Å². The summed E-state index contributed by atoms with van der Waals surface area (Å²) in [5.41, 5.74) is 6.63. The number of nitrogens with two attached hydrogens (primary N) is 1. The molecule has 0 saturated heterocycles. The van der Waals surface area contributed by atoms with E-state index < -0.39 is 0 Å². The second-order valence-corrected chi connectivity index (χ2v) is 2.65. The van der Waals surface area contributed by atoms with Gasteiger partial charge in [-0.1, -0.05) is 5.16 Å². The van der Waals surface area contributed by atoms with Gasteiger partial charge in [-0.3, -0.25) is 4.79 Å². The van der Waals surface area contributed by atoms with Gasteiger partial charge in [0, 0.05) is 6.42 Å². The lowest BCUT2D eigenvalue weighted by molar-refractivity contribution is 0.0973. The van der Waals surface area contributed by atoms with Gasteiger partial charge in [0.05, 0.1) is 5.69 Å². The first-order chi connectivity index (χ1) is 5.29. The highest BCUT2D eigenvalue weighted by Crippen LogP contribution is 2.24. The van der Waals surface area contributed by atoms with Crippen LogP contribution >= 0.6 is 0 Å². The molecular weight excluding hydrogens is 144 g/mol. The van der Waals surface area contributed by atoms with E-state index in [4.69, 9.17) is 10.3 Å². The first-order valence-electron chi connectivity index (χ1n) is 3.56. The molecule has 0 radical (unpaired) electrons. The lowest BCUT2D eigenvalue weighted by atomic mass is 9.96. The van der Waals surface area contributed by atoms with Crippen molar-refractivity contribution in [3.8, 4) is 0 Å². The van der Waals surface area contributed by atoms with E-state index in [-0.39, 0.29) is 11.7 Å². The fourth-order valence-electron chi connectivity index (χ4n) is 1.35. The zero-order chi connectivity index (χ0) is 7.84. The van der Waals surface area contributed by atoms with E-state index in [9.17, 15) is 4.79 Å². The lowest BCUT2D eigenvalue weighted by Crippen LogP contribution is -2.10. The van der Waals surface area contributed by atoms with E-state index >= 15 is 0 Å². The molecule has 0 aliphatic heterocycles. The van der Waals surface area contributed by atoms with Gasteiger partial charge in [-0.05, 0) is 12.8 Å². The smallest absolute Gasteiger partial charge is 0.233 e. The van der Waals surface area contributed by atoms with Crippen LogP contribution in [0.15, 0.2) is 4.52 Å². The highest BCUT2D eigenvalue weighted by molar-refractivity contribution is 6.01. The number of ketones is 1. The molecule has 1 aliphatic carbocycles. The minimum atomic E-state index is 0.0602. The number of nitrogens with zero attached hydrogens (tertiary/aromatic N) is 1. The lowest BCUT2D eigenvalue weighted by Gasteiger charge is -2.05. The molecule has 4 nitrogen and oxygen atoms in total. The Labute approximate surface area is 63.4 Å². The third-order valence-electron chi connectivity index (χ3n) is 1.89. The van der Waals surface area contributed by atoms with E-state index in [2.05, 4.69) is 5.16 Å². The van der Waals surface area contributed by atoms with E-state index in [0.717, 1.165) is 18.5 Å². The Hall–Kier alpha value is -1.32. The van der Waals surface area contributed by atoms with Crippen LogP contribution in [0.4, 0.5) is 5.88 Å². The van der Waals surface area contributed by atoms with Gasteiger partial charge in [0.2, 0.25) is 5.88 Å². The van der Waals surface area contributed by atoms with Crippen LogP contribution in [-0.2, 0) is 6.42 Å². The second kappa shape index (κ2) is 2.08. The molecule has 1 aliphatic rings. The van der Waals surface area contributed by atoms with Crippen LogP contribution in [0.25, 0.3) is 0 Å². The number of carbonyl (C=O) groups excluding carboxylic acids is 1. The number of aromatic nitrogens is 1. The molecule has 0 spiro atoms. The Bertz CT molecular complexity index is 303. The van der Waals surface area contributed by atoms with Gasteiger partial charge in [0.15, 0.2) is 5.78 Å². The van der Waals surface area contributed by atoms with Gasteiger partial charge in [-0.15, -0.1) is 0 Å². The summed E-state index contributed by atoms with van der Waals surface area (Å²) in [5, 5.41) is 3.69. The summed E-state index contributed by atoms with van der Waals surface area (Å²) in [6, 6.07) is 0. The van der Waals surface area contributed by atoms with Gasteiger partial charge in [-0.25, -0.2) is 0 Å². The Kier molecular flexibility index (Phi) is 1.21. The van der Waals surface area contributed by atoms with Gasteiger partial charge in [0.1, 0.15) is 5.56 Å². The molecule has 11 heavy (non-hydrogen) atoms. The number of fused-ring (bicyclic) bond motifs is 1. The number of Topliss-reactive ketones (excluding diaryl/α,β-unsaturated/α-hetero) is 1. The van der Waals surface area contributed by atoms with E-state index in [1.54, 1.807) is 0 Å². The summed E-state index contributed by atoms with van der Waals surface area (Å²) in [7, 11) is 0. The zero-order valence-corrected chi connectivity index (χ0v) is 5.96. The highest BCUT2D eigenvalue weighted by Gasteiger charge is 2.24. The highest BCUT2D eigenvalue weighted by atomic mass is 16.5. The summed E-state index contributed by atoms with van der Waals surface area (Å²) >= 11 is 0. The van der Waals surface area contributed by atoms with Crippen LogP contribution in [0.3, 0.4) is 0 Å². The molecule has 58 valence electrons. The van der Waals surface area contributed by atoms with Crippen molar-refractivity contribution in [1.29, 1.82) is 0 Å². The SMILES string of the molecule is Nc1onc2c1C(=O)CCC2. The van der Waals surface area contributed by atoms with Crippen LogP contribution in [-0.4, -0.2) is 10.9 Å². The number of rotatable bonds is 0. The number of hydrogen-bond acceptors (Lipinski definition) is 4. The van der Waals surface area contributed by atoms with E-state index in [1.807, 2.05) is 0 Å². The standard InChI is InChI=1S/C7H8N2O2/c8-7-6-4(9-11-7)2-1-3-5(6)10/h1-3,8H2. The average Bonchev–Trinajstić information content (AvgIpc) is 2.34. The topological polar surface area (TPSA) is 69.1 Å². The molecule has 1 aromatic rings. The van der Waals surface area contributed by atoms with E-state index in [1.165, 1.54) is 0 Å². The monoisotopic (exact) mass is 152 g/mol. The third-order valence-corrected chi connectivity index (χ3v) is 1.89. The molecule has 0 atom stereocenters. The van der Waals surface area contributed by atoms with Crippen LogP contribution in [0.2, 0.25) is 0 Å². The van der Waals surface area contributed by atoms with Crippen molar-refractivity contribution in [2.24, 2.45) is 0 Å². The molecule has 1 aromatic heterocycles. The third kappa shape index (κ3) is 0.824. The molecule has 0 bridgehead atoms. The fourth-order valence-corrected chi connectivity index (χ4v) is 1.35. The van der Waals surface area contributed by atoms with Gasteiger partial charge in [-0.2, -0.15) is 0 Å². The number of hydrogen-bond donors (Lipinski definition) is 1. The van der Waals surface area contributed by atoms with Crippen molar-refractivity contribution in [2.45, 2.75) is 19.3 Å². The number of nitrogen functional groups attached to an aromatic ring is 1. The summed E-state index contributed by atoms with van der Waals surface area (Å²) in [6.45, 7) is 0. The molecule has 0 aromatic carbocycles. The molecule has 0 unspecified atom stereocenters. The number of aryl methyl sites for hydroxylation is 1. The van der Waals surface area contributed by atoms with Crippen molar-refractivity contribution in [3.05, 3.63) is 11.3 Å². The van der Waals surface area contributed by atoms with Crippen molar-refractivity contribution in [1.82, 2.24) is 5.16 Å². The molecule has 2 rings (SSSR count). The Balaban J connectivity index is 2.56. The minimum Gasteiger partial charge on any atom is -0.367 e. The Morgan fingerprint density at radius 3 is 3.00 bits per heavy atom. The fraction of sp³-hybridized carbons (Fsp3) is 0.429. The van der Waals surface area contributed by atoms with Crippen LogP contribution < -0.4 is 5.73 Å². The Morgan fingerprint density at radius 1 is 1.45 bits per heavy atom. The van der Waals surface area contributed by atoms with Gasteiger partial charge >= 0.3 is 0 Å². The summed E-state index contributed by atoms with van der Waals surface area (Å²) in [4.78, 5) is 11.2. The van der Waals surface area contributed by atoms with Gasteiger partial charge in [0.25, 0.3) is 0 Å². The molecule has 1 heterocycles. The molecule has 4 heteroatoms. The maximum atomic E-state index is 11.2. The molecule has 0 fully saturated rings. The predicted octanol–water partition coefficient (Wildman–Crippen LogP) is 0.776. The Morgan fingerprint density at radius 2 is 2.27 bits per heavy atom. The van der Waals surface area contributed by atoms with Crippen molar-refractivity contribution < 1.29 is 9.32 Å². The normalized spacial score (nSPS) is 16.5. The molecule has 2 N–H and O–H groups in total. The minimum absolute atomic E-state index is 0.0602. The average molecular weight is 152 g/mol. The van der Waals surface area contributed by atoms with Crippen LogP contribution in [0.5, 0.6) is 0 Å². The predicted molar refractivity (Wildman–Crippen MR) is 38.2 cm³/mol. The zero-order valence-electron chi connectivity index (χ0n) is 5.96. The second-order valence-electron chi connectivity index (χ2n) is 2.65. The maximum Gasteiger partial charge on any atom is 0.233 e. The first-order valence-corrected chi connectivity index (χ1v) is 3.56. The van der Waals surface area contributed by atoms with Crippen LogP contribution in [0.1, 0.15) is 28.9 Å². The summed E-state index contributed by atoms with van der Waals surface area (Å²) in [6.07, 6.45) is 2.23. The van der Waals surface area contributed by atoms with E-state index in [0.29, 0.717) is 12.0 Å². The molecule has 0 saturated carbocycles. The van der Waals surface area contributed by atoms with Crippen molar-refractivity contribution >= 4 is 11.7 Å². The maximum absolute atomic E-state index is 11.2. The summed E-state index contributed by atoms with van der Waals surface area (Å²) < 4.78 is 4.69.